The first-order valence-corrected chi connectivity index (χ1v) is 6.13. The van der Waals surface area contributed by atoms with E-state index >= 15 is 0 Å². The van der Waals surface area contributed by atoms with E-state index in [9.17, 15) is 4.39 Å². The van der Waals surface area contributed by atoms with E-state index in [0.29, 0.717) is 6.04 Å². The second-order valence-corrected chi connectivity index (χ2v) is 4.72. The van der Waals surface area contributed by atoms with Crippen molar-refractivity contribution in [1.82, 2.24) is 9.55 Å². The van der Waals surface area contributed by atoms with E-state index in [1.807, 2.05) is 13.0 Å². The van der Waals surface area contributed by atoms with Crippen LogP contribution in [-0.2, 0) is 0 Å². The number of halogens is 1. The molecule has 2 N–H and O–H groups in total. The van der Waals surface area contributed by atoms with E-state index in [1.165, 1.54) is 25.0 Å². The molecule has 1 aliphatic rings. The summed E-state index contributed by atoms with van der Waals surface area (Å²) in [7, 11) is 0. The van der Waals surface area contributed by atoms with Crippen molar-refractivity contribution in [2.24, 2.45) is 5.73 Å². The Morgan fingerprint density at radius 3 is 2.94 bits per heavy atom. The minimum absolute atomic E-state index is 0.0638. The molecule has 1 unspecified atom stereocenters. The van der Waals surface area contributed by atoms with Crippen LogP contribution in [0.4, 0.5) is 4.39 Å². The van der Waals surface area contributed by atoms with Gasteiger partial charge in [0.15, 0.2) is 0 Å². The summed E-state index contributed by atoms with van der Waals surface area (Å²) in [4.78, 5) is 4.50. The van der Waals surface area contributed by atoms with Crippen molar-refractivity contribution < 1.29 is 4.39 Å². The van der Waals surface area contributed by atoms with Crippen LogP contribution in [0.15, 0.2) is 18.2 Å². The van der Waals surface area contributed by atoms with Crippen LogP contribution in [0, 0.1) is 5.82 Å². The minimum atomic E-state index is -0.241. The molecule has 0 aliphatic heterocycles. The fourth-order valence-electron chi connectivity index (χ4n) is 2.25. The van der Waals surface area contributed by atoms with Gasteiger partial charge in [0.1, 0.15) is 11.6 Å². The van der Waals surface area contributed by atoms with E-state index in [0.717, 1.165) is 23.3 Å². The predicted molar refractivity (Wildman–Crippen MR) is 65.2 cm³/mol. The lowest BCUT2D eigenvalue weighted by Gasteiger charge is -2.12. The molecule has 1 aliphatic carbocycles. The van der Waals surface area contributed by atoms with Crippen LogP contribution in [0.2, 0.25) is 0 Å². The van der Waals surface area contributed by atoms with Gasteiger partial charge in [-0.2, -0.15) is 0 Å². The third kappa shape index (κ3) is 1.72. The van der Waals surface area contributed by atoms with Gasteiger partial charge in [-0.1, -0.05) is 6.92 Å². The summed E-state index contributed by atoms with van der Waals surface area (Å²) in [5, 5.41) is 0. The highest BCUT2D eigenvalue weighted by Crippen LogP contribution is 2.40. The molecule has 4 heteroatoms. The Balaban J connectivity index is 2.22. The van der Waals surface area contributed by atoms with Gasteiger partial charge in [0.05, 0.1) is 17.1 Å². The zero-order chi connectivity index (χ0) is 12.0. The van der Waals surface area contributed by atoms with Crippen LogP contribution < -0.4 is 5.73 Å². The highest BCUT2D eigenvalue weighted by atomic mass is 19.1. The number of hydrogen-bond acceptors (Lipinski definition) is 2. The van der Waals surface area contributed by atoms with Crippen LogP contribution in [0.5, 0.6) is 0 Å². The average Bonchev–Trinajstić information content (AvgIpc) is 3.09. The van der Waals surface area contributed by atoms with Crippen molar-refractivity contribution in [3.63, 3.8) is 0 Å². The van der Waals surface area contributed by atoms with E-state index in [2.05, 4.69) is 9.55 Å². The monoisotopic (exact) mass is 233 g/mol. The van der Waals surface area contributed by atoms with Crippen LogP contribution >= 0.6 is 0 Å². The molecule has 3 nitrogen and oxygen atoms in total. The zero-order valence-corrected chi connectivity index (χ0v) is 9.86. The van der Waals surface area contributed by atoms with E-state index in [4.69, 9.17) is 5.73 Å². The summed E-state index contributed by atoms with van der Waals surface area (Å²) >= 11 is 0. The Kier molecular flexibility index (Phi) is 2.40. The van der Waals surface area contributed by atoms with Crippen molar-refractivity contribution in [2.75, 3.05) is 0 Å². The number of hydrogen-bond donors (Lipinski definition) is 1. The Morgan fingerprint density at radius 2 is 2.29 bits per heavy atom. The Labute approximate surface area is 99.4 Å². The largest absolute Gasteiger partial charge is 0.324 e. The topological polar surface area (TPSA) is 43.8 Å². The van der Waals surface area contributed by atoms with Crippen molar-refractivity contribution in [1.29, 1.82) is 0 Å². The van der Waals surface area contributed by atoms with Gasteiger partial charge >= 0.3 is 0 Å². The molecule has 17 heavy (non-hydrogen) atoms. The Morgan fingerprint density at radius 1 is 1.53 bits per heavy atom. The molecule has 0 spiro atoms. The molecule has 1 saturated carbocycles. The molecule has 1 atom stereocenters. The lowest BCUT2D eigenvalue weighted by molar-refractivity contribution is 0.590. The van der Waals surface area contributed by atoms with Gasteiger partial charge in [0.2, 0.25) is 0 Å². The maximum Gasteiger partial charge on any atom is 0.127 e. The lowest BCUT2D eigenvalue weighted by Crippen LogP contribution is -2.15. The predicted octanol–water partition coefficient (Wildman–Crippen LogP) is 2.92. The van der Waals surface area contributed by atoms with E-state index < -0.39 is 0 Å². The molecule has 1 aromatic heterocycles. The van der Waals surface area contributed by atoms with Gasteiger partial charge in [0.25, 0.3) is 0 Å². The van der Waals surface area contributed by atoms with Crippen LogP contribution in [0.25, 0.3) is 11.0 Å². The molecule has 0 amide bonds. The fraction of sp³-hybridized carbons (Fsp3) is 0.462. The molecule has 90 valence electrons. The number of nitrogens with zero attached hydrogens (tertiary/aromatic N) is 2. The number of fused-ring (bicyclic) bond motifs is 1. The maximum absolute atomic E-state index is 13.2. The summed E-state index contributed by atoms with van der Waals surface area (Å²) in [5.74, 6) is 0.658. The zero-order valence-electron chi connectivity index (χ0n) is 9.86. The number of nitrogens with two attached hydrogens (primary N) is 1. The lowest BCUT2D eigenvalue weighted by atomic mass is 10.2. The highest BCUT2D eigenvalue weighted by Gasteiger charge is 2.29. The average molecular weight is 233 g/mol. The summed E-state index contributed by atoms with van der Waals surface area (Å²) in [6.45, 7) is 2.04. The summed E-state index contributed by atoms with van der Waals surface area (Å²) in [6, 6.07) is 5.23. The second-order valence-electron chi connectivity index (χ2n) is 4.72. The van der Waals surface area contributed by atoms with Gasteiger partial charge in [0, 0.05) is 12.1 Å². The summed E-state index contributed by atoms with van der Waals surface area (Å²) < 4.78 is 15.4. The van der Waals surface area contributed by atoms with Crippen LogP contribution in [0.1, 0.15) is 44.1 Å². The summed E-state index contributed by atoms with van der Waals surface area (Å²) in [5.41, 5.74) is 7.81. The van der Waals surface area contributed by atoms with Crippen molar-refractivity contribution in [3.05, 3.63) is 29.8 Å². The third-order valence-corrected chi connectivity index (χ3v) is 3.36. The molecule has 0 bridgehead atoms. The smallest absolute Gasteiger partial charge is 0.127 e. The van der Waals surface area contributed by atoms with Crippen molar-refractivity contribution in [2.45, 2.75) is 38.3 Å². The first kappa shape index (κ1) is 10.7. The van der Waals surface area contributed by atoms with Gasteiger partial charge in [-0.05, 0) is 31.4 Å². The van der Waals surface area contributed by atoms with Crippen LogP contribution in [0.3, 0.4) is 0 Å². The van der Waals surface area contributed by atoms with Gasteiger partial charge in [-0.25, -0.2) is 9.37 Å². The third-order valence-electron chi connectivity index (χ3n) is 3.36. The standard InChI is InChI=1S/C13H16FN3/c1-2-10(15)13-16-11-7-8(14)3-6-12(11)17(13)9-4-5-9/h3,6-7,9-10H,2,4-5,15H2,1H3. The van der Waals surface area contributed by atoms with E-state index in [1.54, 1.807) is 0 Å². The first-order chi connectivity index (χ1) is 8.20. The Hall–Kier alpha value is -1.42. The molecule has 2 aromatic rings. The number of benzene rings is 1. The normalized spacial score (nSPS) is 17.6. The molecule has 0 saturated heterocycles. The number of rotatable bonds is 3. The van der Waals surface area contributed by atoms with E-state index in [-0.39, 0.29) is 11.9 Å². The minimum Gasteiger partial charge on any atom is -0.324 e. The molecular formula is C13H16FN3. The van der Waals surface area contributed by atoms with Gasteiger partial charge in [-0.15, -0.1) is 0 Å². The van der Waals surface area contributed by atoms with Crippen molar-refractivity contribution in [3.8, 4) is 0 Å². The molecule has 3 rings (SSSR count). The molecule has 1 aromatic carbocycles. The molecular weight excluding hydrogens is 217 g/mol. The van der Waals surface area contributed by atoms with Crippen molar-refractivity contribution >= 4 is 11.0 Å². The van der Waals surface area contributed by atoms with Gasteiger partial charge in [-0.3, -0.25) is 0 Å². The maximum atomic E-state index is 13.2. The fourth-order valence-corrected chi connectivity index (χ4v) is 2.25. The van der Waals surface area contributed by atoms with Crippen LogP contribution in [-0.4, -0.2) is 9.55 Å². The second kappa shape index (κ2) is 3.81. The first-order valence-electron chi connectivity index (χ1n) is 6.13. The quantitative estimate of drug-likeness (QED) is 0.885. The molecule has 1 heterocycles. The Bertz CT molecular complexity index is 557. The summed E-state index contributed by atoms with van der Waals surface area (Å²) in [6.07, 6.45) is 3.19. The van der Waals surface area contributed by atoms with Gasteiger partial charge < -0.3 is 10.3 Å². The highest BCUT2D eigenvalue weighted by molar-refractivity contribution is 5.76. The number of imidazole rings is 1. The molecule has 0 radical (unpaired) electrons. The number of aromatic nitrogens is 2. The molecule has 1 fully saturated rings. The SMILES string of the molecule is CCC(N)c1nc2cc(F)ccc2n1C1CC1.